The fourth-order valence-electron chi connectivity index (χ4n) is 2.24. The van der Waals surface area contributed by atoms with Crippen molar-refractivity contribution in [1.29, 1.82) is 0 Å². The third-order valence-electron chi connectivity index (χ3n) is 3.22. The molecule has 0 aliphatic heterocycles. The zero-order valence-corrected chi connectivity index (χ0v) is 11.7. The highest BCUT2D eigenvalue weighted by Gasteiger charge is 2.20. The molecule has 0 spiro atoms. The van der Waals surface area contributed by atoms with Crippen molar-refractivity contribution >= 4 is 0 Å². The van der Waals surface area contributed by atoms with E-state index in [4.69, 9.17) is 0 Å². The molecule has 0 aliphatic rings. The van der Waals surface area contributed by atoms with E-state index < -0.39 is 29.3 Å². The average molecular weight is 297 g/mol. The summed E-state index contributed by atoms with van der Waals surface area (Å²) in [5, 5.41) is 2.92. The zero-order valence-electron chi connectivity index (χ0n) is 11.7. The minimum absolute atomic E-state index is 0.0185. The summed E-state index contributed by atoms with van der Waals surface area (Å²) in [6, 6.07) is 4.25. The molecule has 1 N–H and O–H groups in total. The molecule has 0 fully saturated rings. The summed E-state index contributed by atoms with van der Waals surface area (Å²) in [5.41, 5.74) is 0.401. The molecule has 2 aromatic carbocycles. The first-order valence-corrected chi connectivity index (χ1v) is 6.57. The zero-order chi connectivity index (χ0) is 15.6. The highest BCUT2D eigenvalue weighted by Crippen LogP contribution is 2.27. The maximum atomic E-state index is 14.1. The van der Waals surface area contributed by atoms with E-state index in [0.717, 1.165) is 30.3 Å². The minimum atomic E-state index is -0.824. The summed E-state index contributed by atoms with van der Waals surface area (Å²) in [5.74, 6) is -2.71. The highest BCUT2D eigenvalue weighted by atomic mass is 19.1. The Morgan fingerprint density at radius 2 is 1.52 bits per heavy atom. The van der Waals surface area contributed by atoms with E-state index in [9.17, 15) is 17.6 Å². The van der Waals surface area contributed by atoms with Crippen LogP contribution in [0.1, 0.15) is 29.7 Å². The van der Waals surface area contributed by atoms with Crippen molar-refractivity contribution in [2.75, 3.05) is 6.54 Å². The van der Waals surface area contributed by atoms with Crippen molar-refractivity contribution in [3.05, 3.63) is 70.3 Å². The lowest BCUT2D eigenvalue weighted by atomic mass is 9.96. The highest BCUT2D eigenvalue weighted by molar-refractivity contribution is 5.35. The molecule has 5 heteroatoms. The third kappa shape index (κ3) is 3.42. The van der Waals surface area contributed by atoms with Crippen molar-refractivity contribution in [3.63, 3.8) is 0 Å². The van der Waals surface area contributed by atoms with Gasteiger partial charge in [-0.3, -0.25) is 0 Å². The molecule has 0 aromatic heterocycles. The van der Waals surface area contributed by atoms with E-state index in [1.807, 2.05) is 0 Å². The molecular weight excluding hydrogens is 282 g/mol. The van der Waals surface area contributed by atoms with Crippen molar-refractivity contribution in [1.82, 2.24) is 5.32 Å². The van der Waals surface area contributed by atoms with Gasteiger partial charge in [-0.1, -0.05) is 6.92 Å². The summed E-state index contributed by atoms with van der Waals surface area (Å²) in [4.78, 5) is 0. The second-order valence-corrected chi connectivity index (χ2v) is 4.82. The van der Waals surface area contributed by atoms with Crippen LogP contribution in [0.2, 0.25) is 0 Å². The Balaban J connectivity index is 2.55. The molecule has 21 heavy (non-hydrogen) atoms. The quantitative estimate of drug-likeness (QED) is 0.832. The Morgan fingerprint density at radius 1 is 0.905 bits per heavy atom. The minimum Gasteiger partial charge on any atom is -0.306 e. The van der Waals surface area contributed by atoms with Gasteiger partial charge in [-0.2, -0.15) is 0 Å². The predicted octanol–water partition coefficient (Wildman–Crippen LogP) is 4.25. The summed E-state index contributed by atoms with van der Waals surface area (Å²) in [6.07, 6.45) is 0. The van der Waals surface area contributed by atoms with Crippen LogP contribution in [0.4, 0.5) is 17.6 Å². The lowest BCUT2D eigenvalue weighted by molar-refractivity contribution is 0.532. The van der Waals surface area contributed by atoms with Crippen molar-refractivity contribution < 1.29 is 17.6 Å². The first-order valence-electron chi connectivity index (χ1n) is 6.57. The predicted molar refractivity (Wildman–Crippen MR) is 73.0 cm³/mol. The van der Waals surface area contributed by atoms with Gasteiger partial charge in [-0.05, 0) is 48.9 Å². The Labute approximate surface area is 120 Å². The fraction of sp³-hybridized carbons (Fsp3) is 0.250. The first kappa shape index (κ1) is 15.5. The van der Waals surface area contributed by atoms with Gasteiger partial charge in [0.2, 0.25) is 0 Å². The van der Waals surface area contributed by atoms with Crippen LogP contribution in [0.15, 0.2) is 30.3 Å². The van der Waals surface area contributed by atoms with Crippen LogP contribution in [0, 0.1) is 30.2 Å². The van der Waals surface area contributed by atoms with Gasteiger partial charge in [0.15, 0.2) is 0 Å². The van der Waals surface area contributed by atoms with Crippen LogP contribution in [0.25, 0.3) is 0 Å². The van der Waals surface area contributed by atoms with Crippen LogP contribution in [0.5, 0.6) is 0 Å². The number of rotatable bonds is 4. The second kappa shape index (κ2) is 6.26. The van der Waals surface area contributed by atoms with Gasteiger partial charge >= 0.3 is 0 Å². The molecule has 2 aromatic rings. The van der Waals surface area contributed by atoms with Gasteiger partial charge in [0.1, 0.15) is 23.3 Å². The van der Waals surface area contributed by atoms with Crippen molar-refractivity contribution in [2.24, 2.45) is 0 Å². The van der Waals surface area contributed by atoms with E-state index in [-0.39, 0.29) is 16.7 Å². The molecule has 0 saturated carbocycles. The van der Waals surface area contributed by atoms with Crippen LogP contribution in [0.3, 0.4) is 0 Å². The standard InChI is InChI=1S/C16H15F4N/c1-3-21-16(10-5-11(17)7-12(18)6-10)13-8-14(19)9(2)4-15(13)20/h4-8,16,21H,3H2,1-2H3. The Hall–Kier alpha value is -1.88. The largest absolute Gasteiger partial charge is 0.306 e. The van der Waals surface area contributed by atoms with E-state index >= 15 is 0 Å². The Bertz CT molecular complexity index is 635. The molecule has 2 rings (SSSR count). The van der Waals surface area contributed by atoms with Crippen LogP contribution in [-0.4, -0.2) is 6.54 Å². The van der Waals surface area contributed by atoms with E-state index in [0.29, 0.717) is 6.54 Å². The molecule has 0 heterocycles. The summed E-state index contributed by atoms with van der Waals surface area (Å²) < 4.78 is 54.5. The van der Waals surface area contributed by atoms with Gasteiger partial charge in [0.05, 0.1) is 6.04 Å². The maximum Gasteiger partial charge on any atom is 0.128 e. The lowest BCUT2D eigenvalue weighted by Gasteiger charge is -2.20. The lowest BCUT2D eigenvalue weighted by Crippen LogP contribution is -2.23. The second-order valence-electron chi connectivity index (χ2n) is 4.82. The first-order chi connectivity index (χ1) is 9.92. The monoisotopic (exact) mass is 297 g/mol. The molecule has 1 unspecified atom stereocenters. The van der Waals surface area contributed by atoms with Gasteiger partial charge < -0.3 is 5.32 Å². The molecule has 1 nitrogen and oxygen atoms in total. The molecule has 0 bridgehead atoms. The average Bonchev–Trinajstić information content (AvgIpc) is 2.39. The molecule has 112 valence electrons. The molecule has 0 amide bonds. The molecular formula is C16H15F4N. The van der Waals surface area contributed by atoms with Crippen LogP contribution < -0.4 is 5.32 Å². The number of hydrogen-bond donors (Lipinski definition) is 1. The van der Waals surface area contributed by atoms with Gasteiger partial charge in [-0.15, -0.1) is 0 Å². The smallest absolute Gasteiger partial charge is 0.128 e. The van der Waals surface area contributed by atoms with Gasteiger partial charge in [0, 0.05) is 11.6 Å². The van der Waals surface area contributed by atoms with Gasteiger partial charge in [-0.25, -0.2) is 17.6 Å². The van der Waals surface area contributed by atoms with E-state index in [1.165, 1.54) is 6.92 Å². The molecule has 0 saturated heterocycles. The number of nitrogens with one attached hydrogen (secondary N) is 1. The van der Waals surface area contributed by atoms with Gasteiger partial charge in [0.25, 0.3) is 0 Å². The molecule has 0 aliphatic carbocycles. The molecule has 0 radical (unpaired) electrons. The summed E-state index contributed by atoms with van der Waals surface area (Å²) in [7, 11) is 0. The third-order valence-corrected chi connectivity index (χ3v) is 3.22. The molecule has 1 atom stereocenters. The number of benzene rings is 2. The maximum absolute atomic E-state index is 14.1. The van der Waals surface area contributed by atoms with Crippen molar-refractivity contribution in [3.8, 4) is 0 Å². The SMILES string of the molecule is CCNC(c1cc(F)cc(F)c1)c1cc(F)c(C)cc1F. The summed E-state index contributed by atoms with van der Waals surface area (Å²) in [6.45, 7) is 3.65. The number of hydrogen-bond acceptors (Lipinski definition) is 1. The van der Waals surface area contributed by atoms with Crippen LogP contribution in [-0.2, 0) is 0 Å². The topological polar surface area (TPSA) is 12.0 Å². The Morgan fingerprint density at radius 3 is 2.10 bits per heavy atom. The summed E-state index contributed by atoms with van der Waals surface area (Å²) >= 11 is 0. The number of halogens is 4. The van der Waals surface area contributed by atoms with Crippen molar-refractivity contribution in [2.45, 2.75) is 19.9 Å². The fourth-order valence-corrected chi connectivity index (χ4v) is 2.24. The van der Waals surface area contributed by atoms with Crippen LogP contribution >= 0.6 is 0 Å². The number of aryl methyl sites for hydroxylation is 1. The normalized spacial score (nSPS) is 12.5. The van der Waals surface area contributed by atoms with E-state index in [1.54, 1.807) is 6.92 Å². The Kier molecular flexibility index (Phi) is 4.63. The van der Waals surface area contributed by atoms with E-state index in [2.05, 4.69) is 5.32 Å².